The van der Waals surface area contributed by atoms with E-state index in [0.29, 0.717) is 23.4 Å². The SMILES string of the molecule is COC(=O)c1c(NC(=O)C2CCN(S(=O)(=O)c3c(C)noc3/C=C/c3ccccc3F)CC2)sc2c1CCCC2. The van der Waals surface area contributed by atoms with Gasteiger partial charge in [-0.2, -0.15) is 4.31 Å². The van der Waals surface area contributed by atoms with Crippen LogP contribution >= 0.6 is 11.3 Å². The fraction of sp³-hybridized carbons (Fsp3) is 0.393. The third-order valence-corrected chi connectivity index (χ3v) is 10.6. The molecular formula is C28H30FN3O6S2. The Bertz CT molecular complexity index is 1570. The lowest BCUT2D eigenvalue weighted by molar-refractivity contribution is -0.120. The van der Waals surface area contributed by atoms with Gasteiger partial charge in [-0.25, -0.2) is 17.6 Å². The lowest BCUT2D eigenvalue weighted by atomic mass is 9.95. The number of nitrogens with zero attached hydrogens (tertiary/aromatic N) is 2. The number of anilines is 1. The number of fused-ring (bicyclic) bond motifs is 1. The average Bonchev–Trinajstić information content (AvgIpc) is 3.52. The van der Waals surface area contributed by atoms with Crippen LogP contribution in [0.2, 0.25) is 0 Å². The van der Waals surface area contributed by atoms with Gasteiger partial charge in [-0.15, -0.1) is 11.3 Å². The zero-order valence-corrected chi connectivity index (χ0v) is 23.9. The largest absolute Gasteiger partial charge is 0.465 e. The molecule has 3 aromatic rings. The molecule has 1 N–H and O–H groups in total. The number of aromatic nitrogens is 1. The monoisotopic (exact) mass is 587 g/mol. The molecule has 1 saturated heterocycles. The van der Waals surface area contributed by atoms with Crippen molar-refractivity contribution < 1.29 is 31.7 Å². The second kappa shape index (κ2) is 11.6. The van der Waals surface area contributed by atoms with E-state index in [2.05, 4.69) is 10.5 Å². The molecular weight excluding hydrogens is 557 g/mol. The molecule has 40 heavy (non-hydrogen) atoms. The number of methoxy groups -OCH3 is 1. The maximum Gasteiger partial charge on any atom is 0.341 e. The van der Waals surface area contributed by atoms with Crippen molar-refractivity contribution in [2.75, 3.05) is 25.5 Å². The number of hydrogen-bond donors (Lipinski definition) is 1. The Kier molecular flexibility index (Phi) is 8.20. The Morgan fingerprint density at radius 2 is 1.90 bits per heavy atom. The summed E-state index contributed by atoms with van der Waals surface area (Å²) in [5, 5.41) is 7.27. The van der Waals surface area contributed by atoms with Gasteiger partial charge in [-0.1, -0.05) is 23.4 Å². The lowest BCUT2D eigenvalue weighted by Gasteiger charge is -2.30. The number of esters is 1. The fourth-order valence-electron chi connectivity index (χ4n) is 5.25. The van der Waals surface area contributed by atoms with Crippen molar-refractivity contribution in [3.63, 3.8) is 0 Å². The number of sulfonamides is 1. The predicted molar refractivity (Wildman–Crippen MR) is 149 cm³/mol. The first-order chi connectivity index (χ1) is 19.2. The molecule has 5 rings (SSSR count). The summed E-state index contributed by atoms with van der Waals surface area (Å²) in [6, 6.07) is 6.12. The number of halogens is 1. The van der Waals surface area contributed by atoms with E-state index >= 15 is 0 Å². The van der Waals surface area contributed by atoms with Crippen LogP contribution in [-0.2, 0) is 32.4 Å². The first-order valence-corrected chi connectivity index (χ1v) is 15.4. The highest BCUT2D eigenvalue weighted by Gasteiger charge is 2.36. The fourth-order valence-corrected chi connectivity index (χ4v) is 8.25. The smallest absolute Gasteiger partial charge is 0.341 e. The molecule has 1 aromatic carbocycles. The average molecular weight is 588 g/mol. The van der Waals surface area contributed by atoms with E-state index in [9.17, 15) is 22.4 Å². The first kappa shape index (κ1) is 28.2. The molecule has 3 heterocycles. The van der Waals surface area contributed by atoms with Crippen LogP contribution in [0, 0.1) is 18.7 Å². The van der Waals surface area contributed by atoms with Gasteiger partial charge in [0.15, 0.2) is 10.7 Å². The number of hydrogen-bond acceptors (Lipinski definition) is 8. The molecule has 0 saturated carbocycles. The van der Waals surface area contributed by atoms with Crippen molar-refractivity contribution >= 4 is 50.4 Å². The van der Waals surface area contributed by atoms with Gasteiger partial charge in [0, 0.05) is 29.4 Å². The Morgan fingerprint density at radius 3 is 2.62 bits per heavy atom. The predicted octanol–water partition coefficient (Wildman–Crippen LogP) is 5.06. The molecule has 2 aromatic heterocycles. The van der Waals surface area contributed by atoms with Gasteiger partial charge in [0.25, 0.3) is 0 Å². The van der Waals surface area contributed by atoms with E-state index in [1.807, 2.05) is 0 Å². The standard InChI is InChI=1S/C28H30FN3O6S2/c1-17-25(22(38-31-17)12-11-18-7-3-5-9-21(18)29)40(35,36)32-15-13-19(14-16-32)26(33)30-27-24(28(34)37-2)20-8-4-6-10-23(20)39-27/h3,5,7,9,11-12,19H,4,6,8,10,13-16H2,1-2H3,(H,30,33)/b12-11+. The molecule has 2 aliphatic rings. The second-order valence-electron chi connectivity index (χ2n) is 9.89. The van der Waals surface area contributed by atoms with Crippen molar-refractivity contribution in [1.29, 1.82) is 0 Å². The summed E-state index contributed by atoms with van der Waals surface area (Å²) in [5.74, 6) is -1.55. The minimum atomic E-state index is -3.98. The van der Waals surface area contributed by atoms with Crippen LogP contribution in [0.25, 0.3) is 12.2 Å². The van der Waals surface area contributed by atoms with Crippen LogP contribution in [0.3, 0.4) is 0 Å². The highest BCUT2D eigenvalue weighted by molar-refractivity contribution is 7.89. The van der Waals surface area contributed by atoms with Crippen molar-refractivity contribution in [3.8, 4) is 0 Å². The third-order valence-electron chi connectivity index (χ3n) is 7.37. The van der Waals surface area contributed by atoms with Gasteiger partial charge in [-0.3, -0.25) is 4.79 Å². The van der Waals surface area contributed by atoms with Crippen LogP contribution < -0.4 is 5.32 Å². The molecule has 0 radical (unpaired) electrons. The highest BCUT2D eigenvalue weighted by Crippen LogP contribution is 2.39. The minimum Gasteiger partial charge on any atom is -0.465 e. The summed E-state index contributed by atoms with van der Waals surface area (Å²) in [4.78, 5) is 26.7. The van der Waals surface area contributed by atoms with Crippen LogP contribution in [0.4, 0.5) is 9.39 Å². The van der Waals surface area contributed by atoms with Crippen molar-refractivity contribution in [2.24, 2.45) is 5.92 Å². The quantitative estimate of drug-likeness (QED) is 0.384. The Hall–Kier alpha value is -3.35. The molecule has 1 amide bonds. The minimum absolute atomic E-state index is 0.0117. The molecule has 212 valence electrons. The van der Waals surface area contributed by atoms with E-state index in [-0.39, 0.29) is 40.9 Å². The maximum absolute atomic E-state index is 14.0. The first-order valence-electron chi connectivity index (χ1n) is 13.1. The van der Waals surface area contributed by atoms with E-state index < -0.39 is 27.7 Å². The van der Waals surface area contributed by atoms with Crippen molar-refractivity contribution in [3.05, 3.63) is 63.1 Å². The van der Waals surface area contributed by atoms with E-state index in [1.54, 1.807) is 18.2 Å². The zero-order valence-electron chi connectivity index (χ0n) is 22.2. The molecule has 1 aliphatic carbocycles. The number of amides is 1. The second-order valence-corrected chi connectivity index (χ2v) is 12.9. The topological polar surface area (TPSA) is 119 Å². The summed E-state index contributed by atoms with van der Waals surface area (Å²) >= 11 is 1.42. The summed E-state index contributed by atoms with van der Waals surface area (Å²) in [5.41, 5.74) is 1.89. The number of thiophene rings is 1. The van der Waals surface area contributed by atoms with Gasteiger partial charge in [0.2, 0.25) is 15.9 Å². The van der Waals surface area contributed by atoms with Crippen molar-refractivity contribution in [1.82, 2.24) is 9.46 Å². The lowest BCUT2D eigenvalue weighted by Crippen LogP contribution is -2.41. The molecule has 0 atom stereocenters. The number of carbonyl (C=O) groups is 2. The van der Waals surface area contributed by atoms with Gasteiger partial charge in [0.1, 0.15) is 16.5 Å². The van der Waals surface area contributed by atoms with Gasteiger partial charge in [-0.05, 0) is 69.2 Å². The zero-order chi connectivity index (χ0) is 28.4. The molecule has 0 unspecified atom stereocenters. The normalized spacial score (nSPS) is 16.7. The van der Waals surface area contributed by atoms with Gasteiger partial charge < -0.3 is 14.6 Å². The number of piperidine rings is 1. The molecule has 12 heteroatoms. The third kappa shape index (κ3) is 5.48. The summed E-state index contributed by atoms with van der Waals surface area (Å²) in [6.07, 6.45) is 7.14. The molecule has 9 nitrogen and oxygen atoms in total. The van der Waals surface area contributed by atoms with Crippen molar-refractivity contribution in [2.45, 2.75) is 50.3 Å². The Morgan fingerprint density at radius 1 is 1.18 bits per heavy atom. The molecule has 1 fully saturated rings. The van der Waals surface area contributed by atoms with Crippen LogP contribution in [-0.4, -0.2) is 50.0 Å². The number of carbonyl (C=O) groups excluding carboxylic acids is 2. The highest BCUT2D eigenvalue weighted by atomic mass is 32.2. The summed E-state index contributed by atoms with van der Waals surface area (Å²) in [6.45, 7) is 1.80. The van der Waals surface area contributed by atoms with Gasteiger partial charge in [0.05, 0.1) is 12.7 Å². The number of benzene rings is 1. The Balaban J connectivity index is 1.28. The molecule has 1 aliphatic heterocycles. The number of nitrogens with one attached hydrogen (secondary N) is 1. The van der Waals surface area contributed by atoms with Crippen LogP contribution in [0.5, 0.6) is 0 Å². The maximum atomic E-state index is 14.0. The Labute approximate surface area is 236 Å². The summed E-state index contributed by atoms with van der Waals surface area (Å²) in [7, 11) is -2.66. The van der Waals surface area contributed by atoms with Crippen LogP contribution in [0.15, 0.2) is 33.7 Å². The van der Waals surface area contributed by atoms with E-state index in [1.165, 1.54) is 47.9 Å². The number of aryl methyl sites for hydroxylation is 2. The van der Waals surface area contributed by atoms with E-state index in [0.717, 1.165) is 36.1 Å². The van der Waals surface area contributed by atoms with Crippen LogP contribution in [0.1, 0.15) is 63.5 Å². The van der Waals surface area contributed by atoms with E-state index in [4.69, 9.17) is 9.26 Å². The van der Waals surface area contributed by atoms with Gasteiger partial charge >= 0.3 is 5.97 Å². The molecule has 0 spiro atoms. The number of ether oxygens (including phenoxy) is 1. The molecule has 0 bridgehead atoms. The number of rotatable bonds is 7. The summed E-state index contributed by atoms with van der Waals surface area (Å²) < 4.78 is 52.7.